The number of halogens is 1. The molecule has 1 aromatic heterocycles. The molecular formula is C17H34IN7O. The quantitative estimate of drug-likeness (QED) is 0.314. The average Bonchev–Trinajstić information content (AvgIpc) is 3.11. The lowest BCUT2D eigenvalue weighted by Crippen LogP contribution is -2.45. The van der Waals surface area contributed by atoms with Crippen LogP contribution < -0.4 is 10.6 Å². The molecule has 1 aliphatic heterocycles. The fraction of sp³-hybridized carbons (Fsp3) is 0.824. The van der Waals surface area contributed by atoms with E-state index in [1.54, 1.807) is 6.33 Å². The molecule has 2 N–H and O–H groups in total. The summed E-state index contributed by atoms with van der Waals surface area (Å²) in [6, 6.07) is 0.425. The van der Waals surface area contributed by atoms with Crippen molar-refractivity contribution in [3.8, 4) is 0 Å². The van der Waals surface area contributed by atoms with Crippen molar-refractivity contribution in [2.75, 3.05) is 45.9 Å². The van der Waals surface area contributed by atoms with Crippen LogP contribution in [0.3, 0.4) is 0 Å². The molecule has 150 valence electrons. The third-order valence-corrected chi connectivity index (χ3v) is 4.38. The minimum atomic E-state index is 0. The Labute approximate surface area is 174 Å². The van der Waals surface area contributed by atoms with Crippen LogP contribution in [-0.2, 0) is 17.7 Å². The van der Waals surface area contributed by atoms with Crippen LogP contribution in [0.5, 0.6) is 0 Å². The molecule has 0 spiro atoms. The second-order valence-electron chi connectivity index (χ2n) is 6.33. The first-order valence-electron chi connectivity index (χ1n) is 9.45. The van der Waals surface area contributed by atoms with Gasteiger partial charge in [-0.25, -0.2) is 0 Å². The first kappa shape index (κ1) is 23.1. The molecule has 1 fully saturated rings. The molecule has 0 amide bonds. The Kier molecular flexibility index (Phi) is 11.8. The molecule has 0 aliphatic carbocycles. The standard InChI is InChI=1S/C17H33N7O.HI/c1-4-6-18-17(19-7-8-24-14-21-22-16(24)5-2)20-13-15(3)23-9-11-25-12-10-23;/h14-15H,4-13H2,1-3H3,(H2,18,19,20);1H. The summed E-state index contributed by atoms with van der Waals surface area (Å²) < 4.78 is 7.51. The molecule has 0 radical (unpaired) electrons. The van der Waals surface area contributed by atoms with Gasteiger partial charge in [0.2, 0.25) is 0 Å². The third kappa shape index (κ3) is 7.75. The predicted molar refractivity (Wildman–Crippen MR) is 115 cm³/mol. The van der Waals surface area contributed by atoms with Crippen molar-refractivity contribution in [1.82, 2.24) is 30.3 Å². The van der Waals surface area contributed by atoms with E-state index in [4.69, 9.17) is 9.73 Å². The number of morpholine rings is 1. The fourth-order valence-electron chi connectivity index (χ4n) is 2.81. The van der Waals surface area contributed by atoms with Crippen LogP contribution in [0.25, 0.3) is 0 Å². The lowest BCUT2D eigenvalue weighted by Gasteiger charge is -2.31. The van der Waals surface area contributed by atoms with Gasteiger partial charge in [-0.1, -0.05) is 13.8 Å². The van der Waals surface area contributed by atoms with Crippen molar-refractivity contribution >= 4 is 29.9 Å². The van der Waals surface area contributed by atoms with Crippen LogP contribution in [0.2, 0.25) is 0 Å². The number of hydrogen-bond acceptors (Lipinski definition) is 5. The van der Waals surface area contributed by atoms with E-state index in [0.29, 0.717) is 6.04 Å². The third-order valence-electron chi connectivity index (χ3n) is 4.38. The lowest BCUT2D eigenvalue weighted by molar-refractivity contribution is 0.0220. The molecule has 1 aliphatic rings. The molecule has 2 rings (SSSR count). The van der Waals surface area contributed by atoms with E-state index in [1.807, 2.05) is 0 Å². The molecule has 0 aromatic carbocycles. The van der Waals surface area contributed by atoms with Gasteiger partial charge in [-0.15, -0.1) is 34.2 Å². The maximum atomic E-state index is 5.42. The van der Waals surface area contributed by atoms with Crippen molar-refractivity contribution in [3.63, 3.8) is 0 Å². The largest absolute Gasteiger partial charge is 0.379 e. The van der Waals surface area contributed by atoms with E-state index < -0.39 is 0 Å². The second kappa shape index (κ2) is 13.3. The maximum Gasteiger partial charge on any atom is 0.191 e. The predicted octanol–water partition coefficient (Wildman–Crippen LogP) is 1.12. The number of rotatable bonds is 9. The first-order valence-corrected chi connectivity index (χ1v) is 9.45. The summed E-state index contributed by atoms with van der Waals surface area (Å²) in [5.74, 6) is 1.90. The van der Waals surface area contributed by atoms with E-state index >= 15 is 0 Å². The Morgan fingerprint density at radius 3 is 2.69 bits per heavy atom. The number of aliphatic imine (C=N–C) groups is 1. The van der Waals surface area contributed by atoms with Crippen molar-refractivity contribution in [2.45, 2.75) is 46.2 Å². The molecule has 8 nitrogen and oxygen atoms in total. The highest BCUT2D eigenvalue weighted by atomic mass is 127. The van der Waals surface area contributed by atoms with Gasteiger partial charge in [0.05, 0.1) is 19.8 Å². The number of hydrogen-bond donors (Lipinski definition) is 2. The Morgan fingerprint density at radius 2 is 2.00 bits per heavy atom. The number of ether oxygens (including phenoxy) is 1. The summed E-state index contributed by atoms with van der Waals surface area (Å²) in [7, 11) is 0. The summed E-state index contributed by atoms with van der Waals surface area (Å²) in [5.41, 5.74) is 0. The fourth-order valence-corrected chi connectivity index (χ4v) is 2.81. The van der Waals surface area contributed by atoms with Gasteiger partial charge in [0.25, 0.3) is 0 Å². The molecule has 0 saturated carbocycles. The van der Waals surface area contributed by atoms with Gasteiger partial charge < -0.3 is 19.9 Å². The first-order chi connectivity index (χ1) is 12.2. The van der Waals surface area contributed by atoms with Crippen LogP contribution in [0, 0.1) is 0 Å². The van der Waals surface area contributed by atoms with Gasteiger partial charge in [-0.2, -0.15) is 0 Å². The molecule has 1 aromatic rings. The molecule has 9 heteroatoms. The highest BCUT2D eigenvalue weighted by Gasteiger charge is 2.16. The topological polar surface area (TPSA) is 79.6 Å². The van der Waals surface area contributed by atoms with E-state index in [2.05, 4.69) is 51.1 Å². The SMILES string of the molecule is CCCNC(=NCC(C)N1CCOCC1)NCCn1cnnc1CC.I. The molecule has 26 heavy (non-hydrogen) atoms. The second-order valence-corrected chi connectivity index (χ2v) is 6.33. The van der Waals surface area contributed by atoms with Crippen molar-refractivity contribution < 1.29 is 4.74 Å². The van der Waals surface area contributed by atoms with Crippen LogP contribution in [0.1, 0.15) is 33.0 Å². The highest BCUT2D eigenvalue weighted by Crippen LogP contribution is 2.03. The van der Waals surface area contributed by atoms with Gasteiger partial charge >= 0.3 is 0 Å². The zero-order valence-electron chi connectivity index (χ0n) is 16.3. The van der Waals surface area contributed by atoms with Crippen LogP contribution in [0.15, 0.2) is 11.3 Å². The van der Waals surface area contributed by atoms with Gasteiger partial charge in [0, 0.05) is 45.2 Å². The molecule has 1 saturated heterocycles. The monoisotopic (exact) mass is 479 g/mol. The number of nitrogens with zero attached hydrogens (tertiary/aromatic N) is 5. The van der Waals surface area contributed by atoms with Crippen molar-refractivity contribution in [2.24, 2.45) is 4.99 Å². The van der Waals surface area contributed by atoms with E-state index in [9.17, 15) is 0 Å². The summed E-state index contributed by atoms with van der Waals surface area (Å²) in [4.78, 5) is 7.21. The molecule has 1 unspecified atom stereocenters. The maximum absolute atomic E-state index is 5.42. The van der Waals surface area contributed by atoms with Crippen LogP contribution in [0.4, 0.5) is 0 Å². The Bertz CT molecular complexity index is 517. The number of aryl methyl sites for hydroxylation is 1. The summed E-state index contributed by atoms with van der Waals surface area (Å²) in [6.45, 7) is 13.5. The Balaban J connectivity index is 0.00000338. The molecule has 1 atom stereocenters. The number of guanidine groups is 1. The number of aromatic nitrogens is 3. The van der Waals surface area contributed by atoms with Crippen LogP contribution >= 0.6 is 24.0 Å². The van der Waals surface area contributed by atoms with Gasteiger partial charge in [0.15, 0.2) is 5.96 Å². The minimum absolute atomic E-state index is 0. The van der Waals surface area contributed by atoms with E-state index in [1.165, 1.54) is 0 Å². The summed E-state index contributed by atoms with van der Waals surface area (Å²) >= 11 is 0. The number of nitrogens with one attached hydrogen (secondary N) is 2. The zero-order valence-corrected chi connectivity index (χ0v) is 18.6. The zero-order chi connectivity index (χ0) is 17.9. The summed E-state index contributed by atoms with van der Waals surface area (Å²) in [5, 5.41) is 14.9. The minimum Gasteiger partial charge on any atom is -0.379 e. The van der Waals surface area contributed by atoms with Crippen molar-refractivity contribution in [3.05, 3.63) is 12.2 Å². The van der Waals surface area contributed by atoms with Gasteiger partial charge in [0.1, 0.15) is 12.2 Å². The molecule has 2 heterocycles. The Morgan fingerprint density at radius 1 is 1.27 bits per heavy atom. The molecule has 0 bridgehead atoms. The van der Waals surface area contributed by atoms with E-state index in [0.717, 1.165) is 77.1 Å². The van der Waals surface area contributed by atoms with Gasteiger partial charge in [-0.3, -0.25) is 9.89 Å². The van der Waals surface area contributed by atoms with Gasteiger partial charge in [-0.05, 0) is 13.3 Å². The van der Waals surface area contributed by atoms with Crippen molar-refractivity contribution in [1.29, 1.82) is 0 Å². The lowest BCUT2D eigenvalue weighted by atomic mass is 10.2. The molecular weight excluding hydrogens is 445 g/mol. The van der Waals surface area contributed by atoms with Crippen LogP contribution in [-0.4, -0.2) is 77.6 Å². The smallest absolute Gasteiger partial charge is 0.191 e. The highest BCUT2D eigenvalue weighted by molar-refractivity contribution is 14.0. The van der Waals surface area contributed by atoms with E-state index in [-0.39, 0.29) is 24.0 Å². The summed E-state index contributed by atoms with van der Waals surface area (Å²) in [6.07, 6.45) is 3.76. The Hall–Kier alpha value is -0.940. The normalized spacial score (nSPS) is 16.8. The average molecular weight is 479 g/mol.